The Morgan fingerprint density at radius 2 is 1.90 bits per heavy atom. The average Bonchev–Trinajstić information content (AvgIpc) is 3.14. The van der Waals surface area contributed by atoms with Crippen LogP contribution in [-0.2, 0) is 12.7 Å². The highest BCUT2D eigenvalue weighted by atomic mass is 19.4. The Kier molecular flexibility index (Phi) is 5.77. The number of nitro groups is 1. The van der Waals surface area contributed by atoms with E-state index in [0.717, 1.165) is 12.1 Å². The third-order valence-corrected chi connectivity index (χ3v) is 4.13. The number of ketones is 1. The van der Waals surface area contributed by atoms with Crippen LogP contribution in [0.15, 0.2) is 54.7 Å². The molecule has 0 unspecified atom stereocenters. The Labute approximate surface area is 168 Å². The van der Waals surface area contributed by atoms with E-state index in [-0.39, 0.29) is 17.9 Å². The van der Waals surface area contributed by atoms with Gasteiger partial charge in [-0.1, -0.05) is 22.9 Å². The fraction of sp³-hybridized carbons (Fsp3) is 0.150. The van der Waals surface area contributed by atoms with Crippen LogP contribution in [0.5, 0.6) is 0 Å². The van der Waals surface area contributed by atoms with Gasteiger partial charge in [-0.3, -0.25) is 14.9 Å². The zero-order chi connectivity index (χ0) is 21.9. The van der Waals surface area contributed by atoms with Crippen LogP contribution in [0.1, 0.15) is 32.7 Å². The van der Waals surface area contributed by atoms with Crippen LogP contribution in [0.2, 0.25) is 0 Å². The normalized spacial score (nSPS) is 11.7. The molecule has 0 atom stereocenters. The Morgan fingerprint density at radius 3 is 2.53 bits per heavy atom. The van der Waals surface area contributed by atoms with Crippen molar-refractivity contribution in [3.05, 3.63) is 92.8 Å². The van der Waals surface area contributed by atoms with Gasteiger partial charge in [-0.2, -0.15) is 13.2 Å². The molecule has 0 saturated heterocycles. The van der Waals surface area contributed by atoms with Gasteiger partial charge in [0.05, 0.1) is 23.2 Å². The number of aryl methyl sites for hydroxylation is 1. The van der Waals surface area contributed by atoms with E-state index >= 15 is 0 Å². The maximum Gasteiger partial charge on any atom is 0.416 e. The molecule has 0 amide bonds. The Bertz CT molecular complexity index is 1120. The molecule has 0 fully saturated rings. The number of rotatable bonds is 6. The standard InChI is InChI=1S/C20H15F3N4O3/c1-13-8-15(10-16(9-13)20(21,22)23)11-26-12-18(24-25-26)19(28)7-4-14-2-5-17(6-3-14)27(29)30/h2-10,12H,11H2,1H3/b7-4+. The lowest BCUT2D eigenvalue weighted by atomic mass is 10.1. The summed E-state index contributed by atoms with van der Waals surface area (Å²) in [7, 11) is 0. The van der Waals surface area contributed by atoms with E-state index in [1.54, 1.807) is 13.0 Å². The first-order valence-corrected chi connectivity index (χ1v) is 8.66. The van der Waals surface area contributed by atoms with E-state index in [4.69, 9.17) is 0 Å². The number of nitro benzene ring substituents is 1. The van der Waals surface area contributed by atoms with Gasteiger partial charge in [-0.05, 0) is 48.4 Å². The van der Waals surface area contributed by atoms with E-state index < -0.39 is 22.4 Å². The maximum absolute atomic E-state index is 13.0. The first-order chi connectivity index (χ1) is 14.1. The lowest BCUT2D eigenvalue weighted by Crippen LogP contribution is -2.08. The number of hydrogen-bond donors (Lipinski definition) is 0. The summed E-state index contributed by atoms with van der Waals surface area (Å²) < 4.78 is 40.2. The second kappa shape index (κ2) is 8.27. The largest absolute Gasteiger partial charge is 0.416 e. The molecular formula is C20H15F3N4O3. The van der Waals surface area contributed by atoms with Crippen molar-refractivity contribution in [1.82, 2.24) is 15.0 Å². The Balaban J connectivity index is 1.71. The monoisotopic (exact) mass is 416 g/mol. The first-order valence-electron chi connectivity index (χ1n) is 8.66. The van der Waals surface area contributed by atoms with Crippen molar-refractivity contribution in [2.75, 3.05) is 0 Å². The Morgan fingerprint density at radius 1 is 1.20 bits per heavy atom. The molecule has 0 N–H and O–H groups in total. The summed E-state index contributed by atoms with van der Waals surface area (Å²) in [6, 6.07) is 9.32. The van der Waals surface area contributed by atoms with E-state index in [1.807, 2.05) is 0 Å². The van der Waals surface area contributed by atoms with Gasteiger partial charge in [0.15, 0.2) is 5.69 Å². The number of halogens is 3. The molecular weight excluding hydrogens is 401 g/mol. The zero-order valence-corrected chi connectivity index (χ0v) is 15.6. The molecule has 3 rings (SSSR count). The molecule has 3 aromatic rings. The number of aromatic nitrogens is 3. The van der Waals surface area contributed by atoms with Crippen LogP contribution in [-0.4, -0.2) is 25.7 Å². The lowest BCUT2D eigenvalue weighted by Gasteiger charge is -2.10. The Hall–Kier alpha value is -3.82. The van der Waals surface area contributed by atoms with Gasteiger partial charge in [0.25, 0.3) is 5.69 Å². The molecule has 1 heterocycles. The number of hydrogen-bond acceptors (Lipinski definition) is 5. The molecule has 0 bridgehead atoms. The number of allylic oxidation sites excluding steroid dienone is 1. The molecule has 0 saturated carbocycles. The quantitative estimate of drug-likeness (QED) is 0.256. The zero-order valence-electron chi connectivity index (χ0n) is 15.6. The SMILES string of the molecule is Cc1cc(Cn2cc(C(=O)/C=C/c3ccc([N+](=O)[O-])cc3)nn2)cc(C(F)(F)F)c1. The fourth-order valence-corrected chi connectivity index (χ4v) is 2.76. The van der Waals surface area contributed by atoms with Crippen molar-refractivity contribution >= 4 is 17.5 Å². The summed E-state index contributed by atoms with van der Waals surface area (Å²) in [5.41, 5.74) is 0.638. The van der Waals surface area contributed by atoms with Crippen LogP contribution in [0.3, 0.4) is 0 Å². The molecule has 0 aliphatic rings. The molecule has 7 nitrogen and oxygen atoms in total. The number of carbonyl (C=O) groups is 1. The van der Waals surface area contributed by atoms with Crippen molar-refractivity contribution in [1.29, 1.82) is 0 Å². The van der Waals surface area contributed by atoms with Crippen LogP contribution < -0.4 is 0 Å². The van der Waals surface area contributed by atoms with Crippen LogP contribution in [0, 0.1) is 17.0 Å². The van der Waals surface area contributed by atoms with E-state index in [1.165, 1.54) is 47.3 Å². The molecule has 0 spiro atoms. The molecule has 1 aromatic heterocycles. The summed E-state index contributed by atoms with van der Waals surface area (Å²) in [4.78, 5) is 22.4. The third kappa shape index (κ3) is 5.16. The highest BCUT2D eigenvalue weighted by Gasteiger charge is 2.30. The van der Waals surface area contributed by atoms with Crippen molar-refractivity contribution in [2.24, 2.45) is 0 Å². The summed E-state index contributed by atoms with van der Waals surface area (Å²) in [6.07, 6.45) is -0.393. The van der Waals surface area contributed by atoms with E-state index in [2.05, 4.69) is 10.3 Å². The summed E-state index contributed by atoms with van der Waals surface area (Å²) in [5.74, 6) is -0.458. The minimum Gasteiger partial charge on any atom is -0.287 e. The summed E-state index contributed by atoms with van der Waals surface area (Å²) in [5, 5.41) is 18.2. The van der Waals surface area contributed by atoms with E-state index in [9.17, 15) is 28.1 Å². The first kappa shape index (κ1) is 20.9. The number of nitrogens with zero attached hydrogens (tertiary/aromatic N) is 4. The maximum atomic E-state index is 13.0. The molecule has 0 aliphatic carbocycles. The van der Waals surface area contributed by atoms with Gasteiger partial charge in [0.1, 0.15) is 0 Å². The van der Waals surface area contributed by atoms with E-state index in [0.29, 0.717) is 16.7 Å². The molecule has 30 heavy (non-hydrogen) atoms. The number of carbonyl (C=O) groups excluding carboxylic acids is 1. The van der Waals surface area contributed by atoms with Crippen LogP contribution in [0.4, 0.5) is 18.9 Å². The molecule has 154 valence electrons. The second-order valence-corrected chi connectivity index (χ2v) is 6.55. The van der Waals surface area contributed by atoms with Crippen LogP contribution in [0.25, 0.3) is 6.08 Å². The third-order valence-electron chi connectivity index (χ3n) is 4.13. The summed E-state index contributed by atoms with van der Waals surface area (Å²) in [6.45, 7) is 1.59. The minimum atomic E-state index is -4.45. The van der Waals surface area contributed by atoms with Gasteiger partial charge < -0.3 is 0 Å². The van der Waals surface area contributed by atoms with Gasteiger partial charge in [0, 0.05) is 12.1 Å². The second-order valence-electron chi connectivity index (χ2n) is 6.55. The fourth-order valence-electron chi connectivity index (χ4n) is 2.76. The lowest BCUT2D eigenvalue weighted by molar-refractivity contribution is -0.384. The highest BCUT2D eigenvalue weighted by molar-refractivity contribution is 6.05. The number of non-ortho nitro benzene ring substituents is 1. The molecule has 0 aliphatic heterocycles. The van der Waals surface area contributed by atoms with Crippen molar-refractivity contribution in [3.8, 4) is 0 Å². The number of benzene rings is 2. The molecule has 0 radical (unpaired) electrons. The van der Waals surface area contributed by atoms with Gasteiger partial charge in [0.2, 0.25) is 5.78 Å². The van der Waals surface area contributed by atoms with Crippen molar-refractivity contribution in [3.63, 3.8) is 0 Å². The smallest absolute Gasteiger partial charge is 0.287 e. The topological polar surface area (TPSA) is 90.9 Å². The predicted molar refractivity (Wildman–Crippen MR) is 102 cm³/mol. The van der Waals surface area contributed by atoms with Gasteiger partial charge in [-0.15, -0.1) is 5.10 Å². The van der Waals surface area contributed by atoms with Crippen molar-refractivity contribution < 1.29 is 22.9 Å². The molecule has 2 aromatic carbocycles. The number of alkyl halides is 3. The average molecular weight is 416 g/mol. The highest BCUT2D eigenvalue weighted by Crippen LogP contribution is 2.30. The molecule has 10 heteroatoms. The van der Waals surface area contributed by atoms with Gasteiger partial charge >= 0.3 is 6.18 Å². The van der Waals surface area contributed by atoms with Crippen molar-refractivity contribution in [2.45, 2.75) is 19.6 Å². The van der Waals surface area contributed by atoms with Crippen LogP contribution >= 0.6 is 0 Å². The minimum absolute atomic E-state index is 0.0249. The summed E-state index contributed by atoms with van der Waals surface area (Å²) >= 11 is 0. The van der Waals surface area contributed by atoms with Gasteiger partial charge in [-0.25, -0.2) is 4.68 Å². The predicted octanol–water partition coefficient (Wildman–Crippen LogP) is 4.46.